The molecule has 0 aliphatic rings. The molecule has 0 spiro atoms. The molecular weight excluding hydrogens is 173 g/mol. The number of nitrogens with one attached hydrogen (secondary N) is 1. The number of ether oxygens (including phenoxy) is 1. The molecule has 0 rings (SSSR count). The van der Waals surface area contributed by atoms with Gasteiger partial charge in [0.15, 0.2) is 0 Å². The van der Waals surface area contributed by atoms with Crippen LogP contribution in [0.25, 0.3) is 0 Å². The summed E-state index contributed by atoms with van der Waals surface area (Å²) in [6.07, 6.45) is 1.11. The molecular formula is C7H18BNO2S. The Labute approximate surface area is 79.4 Å². The summed E-state index contributed by atoms with van der Waals surface area (Å²) >= 11 is 1.88. The van der Waals surface area contributed by atoms with Crippen molar-refractivity contribution in [2.45, 2.75) is 13.2 Å². The molecule has 0 fully saturated rings. The molecule has 0 aliphatic carbocycles. The first-order valence-corrected chi connectivity index (χ1v) is 5.41. The lowest BCUT2D eigenvalue weighted by molar-refractivity contribution is 0.200. The quantitative estimate of drug-likeness (QED) is 0.432. The van der Waals surface area contributed by atoms with Crippen molar-refractivity contribution in [3.05, 3.63) is 0 Å². The molecule has 0 saturated carbocycles. The van der Waals surface area contributed by atoms with Crippen molar-refractivity contribution in [3.63, 3.8) is 0 Å². The second-order valence-electron chi connectivity index (χ2n) is 2.59. The van der Waals surface area contributed by atoms with Crippen molar-refractivity contribution < 1.29 is 9.76 Å². The van der Waals surface area contributed by atoms with E-state index in [-0.39, 0.29) is 7.05 Å². The highest BCUT2D eigenvalue weighted by Crippen LogP contribution is 2.00. The van der Waals surface area contributed by atoms with E-state index in [4.69, 9.17) is 9.76 Å². The van der Waals surface area contributed by atoms with Gasteiger partial charge >= 0.3 is 7.05 Å². The highest BCUT2D eigenvalue weighted by molar-refractivity contribution is 7.99. The summed E-state index contributed by atoms with van der Waals surface area (Å²) in [4.78, 5) is 0. The van der Waals surface area contributed by atoms with Crippen LogP contribution in [0.4, 0.5) is 0 Å². The first-order valence-electron chi connectivity index (χ1n) is 4.25. The van der Waals surface area contributed by atoms with Crippen molar-refractivity contribution in [1.29, 1.82) is 0 Å². The molecule has 0 heterocycles. The van der Waals surface area contributed by atoms with E-state index in [9.17, 15) is 0 Å². The molecule has 0 unspecified atom stereocenters. The molecule has 0 amide bonds. The summed E-state index contributed by atoms with van der Waals surface area (Å²) in [5, 5.41) is 11.8. The second-order valence-corrected chi connectivity index (χ2v) is 3.81. The lowest BCUT2D eigenvalue weighted by atomic mass is 9.89. The number of rotatable bonds is 8. The maximum Gasteiger partial charge on any atom is 0.373 e. The van der Waals surface area contributed by atoms with Gasteiger partial charge in [0.1, 0.15) is 0 Å². The van der Waals surface area contributed by atoms with Gasteiger partial charge in [-0.05, 0) is 25.5 Å². The predicted octanol–water partition coefficient (Wildman–Crippen LogP) is 0.456. The average molecular weight is 191 g/mol. The summed E-state index contributed by atoms with van der Waals surface area (Å²) in [6, 6.07) is 0. The molecule has 2 N–H and O–H groups in total. The zero-order valence-corrected chi connectivity index (χ0v) is 8.69. The van der Waals surface area contributed by atoms with E-state index in [1.165, 1.54) is 0 Å². The molecule has 72 valence electrons. The minimum absolute atomic E-state index is 0.385. The minimum atomic E-state index is -0.385. The number of hydrogen-bond donors (Lipinski definition) is 2. The molecule has 0 radical (unpaired) electrons. The lowest BCUT2D eigenvalue weighted by Gasteiger charge is -2.03. The fraction of sp³-hybridized carbons (Fsp3) is 1.00. The third-order valence-corrected chi connectivity index (χ3v) is 2.39. The van der Waals surface area contributed by atoms with Crippen LogP contribution >= 0.6 is 11.8 Å². The summed E-state index contributed by atoms with van der Waals surface area (Å²) in [5.41, 5.74) is 0. The van der Waals surface area contributed by atoms with Gasteiger partial charge in [0.25, 0.3) is 0 Å². The standard InChI is InChI=1S/C7H18BNO2S/c1-8(10)9-4-7-12-6-3-5-11-2/h9-10H,3-7H2,1-2H3. The van der Waals surface area contributed by atoms with Gasteiger partial charge in [-0.25, -0.2) is 0 Å². The maximum atomic E-state index is 8.85. The molecule has 0 atom stereocenters. The van der Waals surface area contributed by atoms with Crippen LogP contribution in [-0.4, -0.2) is 43.8 Å². The van der Waals surface area contributed by atoms with E-state index in [0.717, 1.165) is 31.1 Å². The van der Waals surface area contributed by atoms with Crippen molar-refractivity contribution in [1.82, 2.24) is 5.23 Å². The van der Waals surface area contributed by atoms with Crippen LogP contribution in [0.3, 0.4) is 0 Å². The number of hydrogen-bond acceptors (Lipinski definition) is 4. The summed E-state index contributed by atoms with van der Waals surface area (Å²) in [5.74, 6) is 2.18. The third-order valence-electron chi connectivity index (χ3n) is 1.32. The Balaban J connectivity index is 2.82. The van der Waals surface area contributed by atoms with Gasteiger partial charge in [0.2, 0.25) is 0 Å². The topological polar surface area (TPSA) is 41.5 Å². The van der Waals surface area contributed by atoms with E-state index in [0.29, 0.717) is 0 Å². The van der Waals surface area contributed by atoms with Gasteiger partial charge in [-0.3, -0.25) is 0 Å². The van der Waals surface area contributed by atoms with Crippen LogP contribution in [0, 0.1) is 0 Å². The van der Waals surface area contributed by atoms with Gasteiger partial charge in [0.05, 0.1) is 0 Å². The first-order chi connectivity index (χ1) is 5.77. The highest BCUT2D eigenvalue weighted by atomic mass is 32.2. The molecule has 0 bridgehead atoms. The van der Waals surface area contributed by atoms with Gasteiger partial charge in [-0.2, -0.15) is 11.8 Å². The Morgan fingerprint density at radius 2 is 2.25 bits per heavy atom. The molecule has 0 aliphatic heterocycles. The normalized spacial score (nSPS) is 10.2. The highest BCUT2D eigenvalue weighted by Gasteiger charge is 1.98. The molecule has 0 aromatic heterocycles. The molecule has 3 nitrogen and oxygen atoms in total. The van der Waals surface area contributed by atoms with Crippen molar-refractivity contribution >= 4 is 18.8 Å². The van der Waals surface area contributed by atoms with Crippen LogP contribution < -0.4 is 5.23 Å². The molecule has 0 aromatic carbocycles. The maximum absolute atomic E-state index is 8.85. The smallest absolute Gasteiger partial charge is 0.373 e. The third kappa shape index (κ3) is 10.3. The average Bonchev–Trinajstić information content (AvgIpc) is 2.02. The Morgan fingerprint density at radius 3 is 2.83 bits per heavy atom. The second kappa shape index (κ2) is 9.38. The summed E-state index contributed by atoms with van der Waals surface area (Å²) in [6.45, 7) is 3.45. The number of methoxy groups -OCH3 is 1. The van der Waals surface area contributed by atoms with Gasteiger partial charge < -0.3 is 15.0 Å². The van der Waals surface area contributed by atoms with Gasteiger partial charge in [0, 0.05) is 19.5 Å². The van der Waals surface area contributed by atoms with E-state index < -0.39 is 0 Å². The summed E-state index contributed by atoms with van der Waals surface area (Å²) < 4.78 is 4.92. The zero-order valence-electron chi connectivity index (χ0n) is 7.88. The lowest BCUT2D eigenvalue weighted by Crippen LogP contribution is -2.32. The Kier molecular flexibility index (Phi) is 9.61. The monoisotopic (exact) mass is 191 g/mol. The van der Waals surface area contributed by atoms with Crippen LogP contribution in [0.5, 0.6) is 0 Å². The van der Waals surface area contributed by atoms with Gasteiger partial charge in [-0.1, -0.05) is 0 Å². The van der Waals surface area contributed by atoms with E-state index in [2.05, 4.69) is 5.23 Å². The fourth-order valence-electron chi connectivity index (χ4n) is 0.747. The van der Waals surface area contributed by atoms with Crippen LogP contribution in [0.2, 0.25) is 6.82 Å². The predicted molar refractivity (Wildman–Crippen MR) is 55.7 cm³/mol. The largest absolute Gasteiger partial charge is 0.437 e. The van der Waals surface area contributed by atoms with E-state index in [1.807, 2.05) is 11.8 Å². The van der Waals surface area contributed by atoms with Crippen molar-refractivity contribution in [3.8, 4) is 0 Å². The zero-order chi connectivity index (χ0) is 9.23. The van der Waals surface area contributed by atoms with Crippen LogP contribution in [0.1, 0.15) is 6.42 Å². The van der Waals surface area contributed by atoms with Crippen molar-refractivity contribution in [2.75, 3.05) is 31.8 Å². The Hall–Kier alpha value is 0.295. The SMILES string of the molecule is COCCCSCCNB(C)O. The molecule has 0 saturated heterocycles. The fourth-order valence-corrected chi connectivity index (χ4v) is 1.54. The van der Waals surface area contributed by atoms with E-state index in [1.54, 1.807) is 13.9 Å². The molecule has 0 aromatic rings. The molecule has 12 heavy (non-hydrogen) atoms. The van der Waals surface area contributed by atoms with E-state index >= 15 is 0 Å². The van der Waals surface area contributed by atoms with Gasteiger partial charge in [-0.15, -0.1) is 0 Å². The Morgan fingerprint density at radius 1 is 1.50 bits per heavy atom. The Bertz CT molecular complexity index is 95.5. The summed E-state index contributed by atoms with van der Waals surface area (Å²) in [7, 11) is 1.34. The van der Waals surface area contributed by atoms with Crippen LogP contribution in [-0.2, 0) is 4.74 Å². The minimum Gasteiger partial charge on any atom is -0.437 e. The number of thioether (sulfide) groups is 1. The van der Waals surface area contributed by atoms with Crippen molar-refractivity contribution in [2.24, 2.45) is 0 Å². The first kappa shape index (κ1) is 12.3. The molecule has 5 heteroatoms. The van der Waals surface area contributed by atoms with Crippen LogP contribution in [0.15, 0.2) is 0 Å².